The predicted molar refractivity (Wildman–Crippen MR) is 109 cm³/mol. The quantitative estimate of drug-likeness (QED) is 0.695. The molecule has 162 valence electrons. The second-order valence-corrected chi connectivity index (χ2v) is 8.64. The standard InChI is InChI=1S/C20H28N6O4/c1-20(2,3)17(19(30)25-12-14(27)9-15(25)18(29)21-4)26-11-13(22-23-26)10-24-8-6-5-7-16(24)28/h5-8,11,14-15,17,27H,9-10,12H2,1-4H3,(H,21,29)/t14?,15?,17-/m1/s1. The number of pyridine rings is 1. The highest BCUT2D eigenvalue weighted by Crippen LogP contribution is 2.34. The summed E-state index contributed by atoms with van der Waals surface area (Å²) in [5, 5.41) is 20.9. The van der Waals surface area contributed by atoms with E-state index in [0.717, 1.165) is 0 Å². The minimum absolute atomic E-state index is 0.0878. The maximum absolute atomic E-state index is 13.5. The first-order valence-electron chi connectivity index (χ1n) is 9.88. The molecular weight excluding hydrogens is 388 g/mol. The molecular formula is C20H28N6O4. The molecule has 2 unspecified atom stereocenters. The Morgan fingerprint density at radius 2 is 2.07 bits per heavy atom. The van der Waals surface area contributed by atoms with E-state index in [2.05, 4.69) is 15.6 Å². The van der Waals surface area contributed by atoms with Gasteiger partial charge in [-0.25, -0.2) is 4.68 Å². The maximum Gasteiger partial charge on any atom is 0.250 e. The molecule has 10 nitrogen and oxygen atoms in total. The van der Waals surface area contributed by atoms with E-state index in [-0.39, 0.29) is 36.9 Å². The number of rotatable bonds is 5. The van der Waals surface area contributed by atoms with Crippen molar-refractivity contribution < 1.29 is 14.7 Å². The summed E-state index contributed by atoms with van der Waals surface area (Å²) in [7, 11) is 1.51. The van der Waals surface area contributed by atoms with Crippen molar-refractivity contribution in [3.05, 3.63) is 46.6 Å². The van der Waals surface area contributed by atoms with Crippen LogP contribution in [-0.4, -0.2) is 67.1 Å². The van der Waals surface area contributed by atoms with Crippen molar-refractivity contribution in [1.82, 2.24) is 29.8 Å². The first-order chi connectivity index (χ1) is 14.1. The molecule has 0 saturated carbocycles. The van der Waals surface area contributed by atoms with Crippen molar-refractivity contribution in [1.29, 1.82) is 0 Å². The summed E-state index contributed by atoms with van der Waals surface area (Å²) in [6.07, 6.45) is 2.75. The van der Waals surface area contributed by atoms with Gasteiger partial charge in [0.1, 0.15) is 17.8 Å². The zero-order valence-corrected chi connectivity index (χ0v) is 17.6. The highest BCUT2D eigenvalue weighted by molar-refractivity contribution is 5.90. The van der Waals surface area contributed by atoms with Gasteiger partial charge in [-0.1, -0.05) is 32.1 Å². The molecule has 2 N–H and O–H groups in total. The lowest BCUT2D eigenvalue weighted by Gasteiger charge is -2.34. The third-order valence-corrected chi connectivity index (χ3v) is 5.22. The number of nitrogens with one attached hydrogen (secondary N) is 1. The average molecular weight is 416 g/mol. The number of amides is 2. The molecule has 1 aliphatic heterocycles. The van der Waals surface area contributed by atoms with Gasteiger partial charge < -0.3 is 19.9 Å². The van der Waals surface area contributed by atoms with Gasteiger partial charge in [-0.2, -0.15) is 0 Å². The predicted octanol–water partition coefficient (Wildman–Crippen LogP) is -0.217. The summed E-state index contributed by atoms with van der Waals surface area (Å²) >= 11 is 0. The van der Waals surface area contributed by atoms with Crippen molar-refractivity contribution in [3.63, 3.8) is 0 Å². The van der Waals surface area contributed by atoms with Crippen molar-refractivity contribution in [3.8, 4) is 0 Å². The topological polar surface area (TPSA) is 122 Å². The van der Waals surface area contributed by atoms with E-state index in [0.29, 0.717) is 5.69 Å². The second-order valence-electron chi connectivity index (χ2n) is 8.64. The largest absolute Gasteiger partial charge is 0.391 e. The van der Waals surface area contributed by atoms with Crippen LogP contribution in [0.15, 0.2) is 35.4 Å². The first-order valence-corrected chi connectivity index (χ1v) is 9.88. The highest BCUT2D eigenvalue weighted by Gasteiger charge is 2.44. The third kappa shape index (κ3) is 4.43. The summed E-state index contributed by atoms with van der Waals surface area (Å²) in [6, 6.07) is 3.42. The number of aliphatic hydroxyl groups is 1. The van der Waals surface area contributed by atoms with Gasteiger partial charge in [-0.05, 0) is 11.5 Å². The molecule has 0 bridgehead atoms. The smallest absolute Gasteiger partial charge is 0.250 e. The summed E-state index contributed by atoms with van der Waals surface area (Å²) < 4.78 is 2.98. The minimum atomic E-state index is -0.756. The molecule has 0 radical (unpaired) electrons. The molecule has 30 heavy (non-hydrogen) atoms. The number of nitrogens with zero attached hydrogens (tertiary/aromatic N) is 5. The number of likely N-dealkylation sites (N-methyl/N-ethyl adjacent to an activating group) is 1. The molecule has 3 heterocycles. The van der Waals surface area contributed by atoms with Gasteiger partial charge in [-0.15, -0.1) is 5.10 Å². The van der Waals surface area contributed by atoms with E-state index in [9.17, 15) is 19.5 Å². The fraction of sp³-hybridized carbons (Fsp3) is 0.550. The Kier molecular flexibility index (Phi) is 6.06. The van der Waals surface area contributed by atoms with Gasteiger partial charge in [0.2, 0.25) is 11.8 Å². The number of β-amino-alcohol motifs (C(OH)–C–C–N with tert-alkyl or cyclic N) is 1. The molecule has 3 atom stereocenters. The zero-order chi connectivity index (χ0) is 22.1. The minimum Gasteiger partial charge on any atom is -0.391 e. The van der Waals surface area contributed by atoms with Crippen LogP contribution in [0.2, 0.25) is 0 Å². The summed E-state index contributed by atoms with van der Waals surface area (Å²) in [4.78, 5) is 39.1. The fourth-order valence-electron chi connectivity index (χ4n) is 3.79. The lowest BCUT2D eigenvalue weighted by atomic mass is 9.85. The van der Waals surface area contributed by atoms with Crippen LogP contribution in [0.25, 0.3) is 0 Å². The van der Waals surface area contributed by atoms with E-state index in [4.69, 9.17) is 0 Å². The van der Waals surface area contributed by atoms with Gasteiger partial charge in [0.05, 0.1) is 18.8 Å². The van der Waals surface area contributed by atoms with Gasteiger partial charge in [0.15, 0.2) is 0 Å². The summed E-state index contributed by atoms with van der Waals surface area (Å²) in [5.74, 6) is -0.615. The van der Waals surface area contributed by atoms with Crippen LogP contribution in [0.4, 0.5) is 0 Å². The lowest BCUT2D eigenvalue weighted by Crippen LogP contribution is -2.49. The van der Waals surface area contributed by atoms with Gasteiger partial charge >= 0.3 is 0 Å². The molecule has 2 aromatic heterocycles. The number of likely N-dealkylation sites (tertiary alicyclic amines) is 1. The Balaban J connectivity index is 1.89. The normalized spacial score (nSPS) is 20.2. The Labute approximate surface area is 174 Å². The van der Waals surface area contributed by atoms with Crippen LogP contribution in [0.3, 0.4) is 0 Å². The first kappa shape index (κ1) is 21.7. The van der Waals surface area contributed by atoms with E-state index in [1.807, 2.05) is 20.8 Å². The molecule has 3 rings (SSSR count). The number of carbonyl (C=O) groups excluding carboxylic acids is 2. The van der Waals surface area contributed by atoms with Gasteiger partial charge in [-0.3, -0.25) is 14.4 Å². The van der Waals surface area contributed by atoms with Gasteiger partial charge in [0.25, 0.3) is 5.56 Å². The van der Waals surface area contributed by atoms with E-state index in [1.54, 1.807) is 24.5 Å². The molecule has 0 spiro atoms. The zero-order valence-electron chi connectivity index (χ0n) is 17.6. The van der Waals surface area contributed by atoms with E-state index in [1.165, 1.54) is 27.3 Å². The van der Waals surface area contributed by atoms with Crippen molar-refractivity contribution in [2.75, 3.05) is 13.6 Å². The van der Waals surface area contributed by atoms with Crippen LogP contribution in [0.5, 0.6) is 0 Å². The number of hydrogen-bond donors (Lipinski definition) is 2. The summed E-state index contributed by atoms with van der Waals surface area (Å²) in [5.41, 5.74) is -0.156. The SMILES string of the molecule is CNC(=O)C1CC(O)CN1C(=O)[C@@H](n1cc(Cn2ccccc2=O)nn1)C(C)(C)C. The lowest BCUT2D eigenvalue weighted by molar-refractivity contribution is -0.144. The average Bonchev–Trinajstić information content (AvgIpc) is 3.28. The second kappa shape index (κ2) is 8.39. The van der Waals surface area contributed by atoms with Gasteiger partial charge in [0, 0.05) is 32.3 Å². The fourth-order valence-corrected chi connectivity index (χ4v) is 3.79. The molecule has 2 aromatic rings. The van der Waals surface area contributed by atoms with E-state index >= 15 is 0 Å². The molecule has 1 saturated heterocycles. The van der Waals surface area contributed by atoms with Crippen LogP contribution >= 0.6 is 0 Å². The number of aromatic nitrogens is 4. The highest BCUT2D eigenvalue weighted by atomic mass is 16.3. The van der Waals surface area contributed by atoms with Crippen LogP contribution < -0.4 is 10.9 Å². The van der Waals surface area contributed by atoms with Crippen molar-refractivity contribution >= 4 is 11.8 Å². The van der Waals surface area contributed by atoms with Crippen LogP contribution in [0, 0.1) is 5.41 Å². The van der Waals surface area contributed by atoms with Crippen molar-refractivity contribution in [2.24, 2.45) is 5.41 Å². The third-order valence-electron chi connectivity index (χ3n) is 5.22. The molecule has 10 heteroatoms. The Morgan fingerprint density at radius 3 is 2.70 bits per heavy atom. The molecule has 1 aliphatic rings. The molecule has 1 fully saturated rings. The number of aliphatic hydroxyl groups excluding tert-OH is 1. The van der Waals surface area contributed by atoms with Crippen LogP contribution in [-0.2, 0) is 16.1 Å². The van der Waals surface area contributed by atoms with Crippen LogP contribution in [0.1, 0.15) is 38.9 Å². The maximum atomic E-state index is 13.5. The Hall–Kier alpha value is -3.01. The van der Waals surface area contributed by atoms with E-state index < -0.39 is 23.6 Å². The number of carbonyl (C=O) groups is 2. The summed E-state index contributed by atoms with van der Waals surface area (Å²) in [6.45, 7) is 6.03. The molecule has 0 aliphatic carbocycles. The monoisotopic (exact) mass is 416 g/mol. The Morgan fingerprint density at radius 1 is 1.33 bits per heavy atom. The number of hydrogen-bond acceptors (Lipinski definition) is 6. The molecule has 0 aromatic carbocycles. The molecule has 2 amide bonds. The van der Waals surface area contributed by atoms with Crippen molar-refractivity contribution in [2.45, 2.75) is 51.9 Å². The Bertz CT molecular complexity index is 976.